The standard InChI is InChI=1S/C48H28N4/c1-2-11-33(12-3-1)51-43-16-7-6-14-36(43)39-23-30(18-21-44(39)51)31-19-22-45-40(24-31)38-20-17-29-9-4-5-13-35(29)48(38)52(45)34-25-41-37-15-8-10-32-26-49-28-42(46(32)37)47(41)50-27-34/h1-28H. The molecule has 0 unspecified atom stereocenters. The number of benzene rings is 7. The van der Waals surface area contributed by atoms with Crippen LogP contribution in [0.1, 0.15) is 0 Å². The highest BCUT2D eigenvalue weighted by molar-refractivity contribution is 6.20. The van der Waals surface area contributed by atoms with Gasteiger partial charge in [-0.05, 0) is 70.6 Å². The number of rotatable bonds is 3. The second kappa shape index (κ2) is 10.3. The van der Waals surface area contributed by atoms with Gasteiger partial charge in [0.1, 0.15) is 0 Å². The lowest BCUT2D eigenvalue weighted by Crippen LogP contribution is -1.97. The number of hydrogen-bond acceptors (Lipinski definition) is 2. The summed E-state index contributed by atoms with van der Waals surface area (Å²) in [6.45, 7) is 0. The molecule has 12 rings (SSSR count). The fourth-order valence-corrected chi connectivity index (χ4v) is 8.87. The summed E-state index contributed by atoms with van der Waals surface area (Å²) in [6.07, 6.45) is 5.94. The Bertz CT molecular complexity index is 3290. The van der Waals surface area contributed by atoms with Crippen molar-refractivity contribution in [3.63, 3.8) is 0 Å². The monoisotopic (exact) mass is 660 g/mol. The minimum Gasteiger partial charge on any atom is -0.309 e. The van der Waals surface area contributed by atoms with E-state index in [0.717, 1.165) is 33.4 Å². The molecule has 0 bridgehead atoms. The van der Waals surface area contributed by atoms with Crippen molar-refractivity contribution < 1.29 is 0 Å². The van der Waals surface area contributed by atoms with E-state index in [-0.39, 0.29) is 0 Å². The zero-order valence-electron chi connectivity index (χ0n) is 28.0. The van der Waals surface area contributed by atoms with E-state index in [0.29, 0.717) is 0 Å². The third-order valence-corrected chi connectivity index (χ3v) is 11.1. The summed E-state index contributed by atoms with van der Waals surface area (Å²) in [4.78, 5) is 9.67. The molecule has 4 heteroatoms. The molecular weight excluding hydrogens is 633 g/mol. The molecule has 0 amide bonds. The van der Waals surface area contributed by atoms with Crippen LogP contribution in [0.5, 0.6) is 0 Å². The maximum atomic E-state index is 5.13. The molecule has 0 saturated heterocycles. The van der Waals surface area contributed by atoms with Crippen molar-refractivity contribution in [1.29, 1.82) is 0 Å². The smallest absolute Gasteiger partial charge is 0.0804 e. The van der Waals surface area contributed by atoms with Crippen LogP contribution in [0, 0.1) is 0 Å². The fourth-order valence-electron chi connectivity index (χ4n) is 8.87. The fraction of sp³-hybridized carbons (Fsp3) is 0. The molecule has 0 fully saturated rings. The molecule has 0 atom stereocenters. The second-order valence-electron chi connectivity index (χ2n) is 13.9. The van der Waals surface area contributed by atoms with Gasteiger partial charge in [0.05, 0.1) is 39.6 Å². The van der Waals surface area contributed by atoms with E-state index in [2.05, 4.69) is 166 Å². The minimum atomic E-state index is 1.000. The van der Waals surface area contributed by atoms with Gasteiger partial charge in [-0.1, -0.05) is 103 Å². The average Bonchev–Trinajstić information content (AvgIpc) is 3.84. The van der Waals surface area contributed by atoms with Gasteiger partial charge in [-0.25, -0.2) is 0 Å². The highest BCUT2D eigenvalue weighted by Crippen LogP contribution is 2.47. The summed E-state index contributed by atoms with van der Waals surface area (Å²) < 4.78 is 4.79. The first kappa shape index (κ1) is 27.7. The van der Waals surface area contributed by atoms with Crippen LogP contribution in [0.2, 0.25) is 0 Å². The van der Waals surface area contributed by atoms with Crippen LogP contribution in [0.4, 0.5) is 0 Å². The molecule has 52 heavy (non-hydrogen) atoms. The summed E-state index contributed by atoms with van der Waals surface area (Å²) in [5.41, 5.74) is 13.9. The quantitative estimate of drug-likeness (QED) is 0.189. The molecule has 240 valence electrons. The van der Waals surface area contributed by atoms with Gasteiger partial charge in [-0.3, -0.25) is 9.97 Å². The molecule has 1 aliphatic carbocycles. The molecule has 4 heterocycles. The molecule has 7 aromatic carbocycles. The predicted octanol–water partition coefficient (Wildman–Crippen LogP) is 12.3. The lowest BCUT2D eigenvalue weighted by molar-refractivity contribution is 1.15. The Morgan fingerprint density at radius 1 is 0.385 bits per heavy atom. The Labute approximate surface area is 298 Å². The van der Waals surface area contributed by atoms with Gasteiger partial charge in [0.15, 0.2) is 0 Å². The summed E-state index contributed by atoms with van der Waals surface area (Å²) in [5, 5.41) is 9.78. The summed E-state index contributed by atoms with van der Waals surface area (Å²) in [7, 11) is 0. The lowest BCUT2D eigenvalue weighted by Gasteiger charge is -2.12. The Morgan fingerprint density at radius 3 is 1.96 bits per heavy atom. The van der Waals surface area contributed by atoms with Crippen molar-refractivity contribution >= 4 is 65.2 Å². The van der Waals surface area contributed by atoms with Gasteiger partial charge in [0, 0.05) is 66.9 Å². The van der Waals surface area contributed by atoms with Gasteiger partial charge >= 0.3 is 0 Å². The van der Waals surface area contributed by atoms with Gasteiger partial charge in [-0.2, -0.15) is 0 Å². The maximum absolute atomic E-state index is 5.13. The lowest BCUT2D eigenvalue weighted by atomic mass is 10.00. The first-order chi connectivity index (χ1) is 25.8. The normalized spacial score (nSPS) is 12.2. The van der Waals surface area contributed by atoms with Gasteiger partial charge in [0.2, 0.25) is 0 Å². The van der Waals surface area contributed by atoms with E-state index < -0.39 is 0 Å². The van der Waals surface area contributed by atoms with E-state index in [9.17, 15) is 0 Å². The Kier molecular flexibility index (Phi) is 5.47. The number of pyridine rings is 2. The Morgan fingerprint density at radius 2 is 1.10 bits per heavy atom. The SMILES string of the molecule is c1ccc(-n2c3ccccc3c3cc(-c4ccc5c(c4)c4ccc6ccccc6c4n5-c4cnc5c(c4)-c4cccc6cncc-5c46)ccc32)cc1. The van der Waals surface area contributed by atoms with Crippen LogP contribution < -0.4 is 0 Å². The molecular formula is C48H28N4. The largest absolute Gasteiger partial charge is 0.309 e. The van der Waals surface area contributed by atoms with Gasteiger partial charge in [-0.15, -0.1) is 0 Å². The molecule has 11 aromatic rings. The highest BCUT2D eigenvalue weighted by atomic mass is 15.0. The Balaban J connectivity index is 1.09. The van der Waals surface area contributed by atoms with Crippen molar-refractivity contribution in [2.24, 2.45) is 0 Å². The molecule has 0 radical (unpaired) electrons. The molecule has 4 nitrogen and oxygen atoms in total. The Hall–Kier alpha value is -7.04. The molecule has 0 N–H and O–H groups in total. The first-order valence-corrected chi connectivity index (χ1v) is 17.7. The number of para-hydroxylation sites is 2. The number of aromatic nitrogens is 4. The van der Waals surface area contributed by atoms with Crippen molar-refractivity contribution in [3.8, 4) is 44.9 Å². The average molecular weight is 661 g/mol. The topological polar surface area (TPSA) is 35.6 Å². The van der Waals surface area contributed by atoms with Crippen LogP contribution in [-0.4, -0.2) is 19.1 Å². The van der Waals surface area contributed by atoms with Crippen molar-refractivity contribution in [2.75, 3.05) is 0 Å². The summed E-state index contributed by atoms with van der Waals surface area (Å²) in [6, 6.07) is 55.3. The van der Waals surface area contributed by atoms with Crippen LogP contribution >= 0.6 is 0 Å². The van der Waals surface area contributed by atoms with E-state index >= 15 is 0 Å². The second-order valence-corrected chi connectivity index (χ2v) is 13.9. The van der Waals surface area contributed by atoms with Crippen LogP contribution in [0.3, 0.4) is 0 Å². The molecule has 0 aliphatic heterocycles. The van der Waals surface area contributed by atoms with Crippen LogP contribution in [-0.2, 0) is 0 Å². The van der Waals surface area contributed by atoms with Crippen LogP contribution in [0.15, 0.2) is 170 Å². The highest BCUT2D eigenvalue weighted by Gasteiger charge is 2.25. The van der Waals surface area contributed by atoms with Crippen molar-refractivity contribution in [3.05, 3.63) is 170 Å². The van der Waals surface area contributed by atoms with Gasteiger partial charge in [0.25, 0.3) is 0 Å². The number of fused-ring (bicyclic) bond motifs is 11. The summed E-state index contributed by atoms with van der Waals surface area (Å²) in [5.74, 6) is 0. The summed E-state index contributed by atoms with van der Waals surface area (Å²) >= 11 is 0. The maximum Gasteiger partial charge on any atom is 0.0804 e. The molecule has 0 saturated carbocycles. The van der Waals surface area contributed by atoms with E-state index in [1.165, 1.54) is 76.6 Å². The predicted molar refractivity (Wildman–Crippen MR) is 216 cm³/mol. The van der Waals surface area contributed by atoms with E-state index in [1.807, 2.05) is 18.6 Å². The number of nitrogens with zero attached hydrogens (tertiary/aromatic N) is 4. The molecule has 4 aromatic heterocycles. The van der Waals surface area contributed by atoms with Gasteiger partial charge < -0.3 is 9.13 Å². The molecule has 0 spiro atoms. The third-order valence-electron chi connectivity index (χ3n) is 11.1. The van der Waals surface area contributed by atoms with E-state index in [1.54, 1.807) is 0 Å². The first-order valence-electron chi connectivity index (χ1n) is 17.7. The van der Waals surface area contributed by atoms with Crippen molar-refractivity contribution in [2.45, 2.75) is 0 Å². The zero-order chi connectivity index (χ0) is 33.9. The third kappa shape index (κ3) is 3.70. The zero-order valence-corrected chi connectivity index (χ0v) is 28.0. The minimum absolute atomic E-state index is 1.000. The van der Waals surface area contributed by atoms with Crippen molar-refractivity contribution in [1.82, 2.24) is 19.1 Å². The van der Waals surface area contributed by atoms with E-state index in [4.69, 9.17) is 4.98 Å². The van der Waals surface area contributed by atoms with Crippen LogP contribution in [0.25, 0.3) is 110 Å². The number of hydrogen-bond donors (Lipinski definition) is 0. The molecule has 1 aliphatic rings.